The Morgan fingerprint density at radius 3 is 2.58 bits per heavy atom. The third-order valence-electron chi connectivity index (χ3n) is 3.03. The van der Waals surface area contributed by atoms with Gasteiger partial charge >= 0.3 is 5.97 Å². The van der Waals surface area contributed by atoms with Crippen molar-refractivity contribution in [1.82, 2.24) is 5.32 Å². The van der Waals surface area contributed by atoms with E-state index in [0.717, 1.165) is 11.3 Å². The highest BCUT2D eigenvalue weighted by atomic mass is 16.5. The molecule has 1 aromatic rings. The minimum absolute atomic E-state index is 0.146. The van der Waals surface area contributed by atoms with E-state index >= 15 is 0 Å². The largest absolute Gasteiger partial charge is 0.467 e. The van der Waals surface area contributed by atoms with E-state index < -0.39 is 6.04 Å². The minimum atomic E-state index is -0.413. The summed E-state index contributed by atoms with van der Waals surface area (Å²) in [7, 11) is 2.95. The number of hydrogen-bond donors (Lipinski definition) is 2. The second-order valence-corrected chi connectivity index (χ2v) is 4.19. The normalized spacial score (nSPS) is 11.6. The van der Waals surface area contributed by atoms with E-state index in [-0.39, 0.29) is 11.9 Å². The van der Waals surface area contributed by atoms with Crippen molar-refractivity contribution in [3.63, 3.8) is 0 Å². The predicted octanol–water partition coefficient (Wildman–Crippen LogP) is 1.72. The first-order chi connectivity index (χ1) is 9.04. The van der Waals surface area contributed by atoms with E-state index in [1.165, 1.54) is 7.11 Å². The molecular formula is C14H20N2O3. The maximum absolute atomic E-state index is 11.7. The Bertz CT molecular complexity index is 472. The van der Waals surface area contributed by atoms with Crippen molar-refractivity contribution in [2.45, 2.75) is 26.3 Å². The molecule has 1 rings (SSSR count). The van der Waals surface area contributed by atoms with Gasteiger partial charge in [0.25, 0.3) is 5.91 Å². The van der Waals surface area contributed by atoms with Crippen LogP contribution in [0.25, 0.3) is 0 Å². The zero-order chi connectivity index (χ0) is 14.4. The molecule has 0 heterocycles. The Balaban J connectivity index is 3.01. The number of carbonyl (C=O) groups is 2. The quantitative estimate of drug-likeness (QED) is 0.795. The van der Waals surface area contributed by atoms with Gasteiger partial charge in [0.2, 0.25) is 0 Å². The standard InChI is InChI=1S/C14H20N2O3/c1-5-11(14(18)19-4)16-12-8-6-7-10(9(12)2)13(17)15-3/h6-8,11,16H,5H2,1-4H3,(H,15,17). The fraction of sp³-hybridized carbons (Fsp3) is 0.429. The maximum Gasteiger partial charge on any atom is 0.328 e. The van der Waals surface area contributed by atoms with Gasteiger partial charge in [-0.05, 0) is 31.0 Å². The zero-order valence-corrected chi connectivity index (χ0v) is 11.7. The number of hydrogen-bond acceptors (Lipinski definition) is 4. The summed E-state index contributed by atoms with van der Waals surface area (Å²) in [4.78, 5) is 23.3. The summed E-state index contributed by atoms with van der Waals surface area (Å²) in [5.74, 6) is -0.459. The van der Waals surface area contributed by atoms with E-state index in [1.54, 1.807) is 19.2 Å². The van der Waals surface area contributed by atoms with E-state index in [0.29, 0.717) is 12.0 Å². The first-order valence-corrected chi connectivity index (χ1v) is 6.21. The number of benzene rings is 1. The van der Waals surface area contributed by atoms with Crippen LogP contribution in [0.3, 0.4) is 0 Å². The van der Waals surface area contributed by atoms with Gasteiger partial charge in [-0.25, -0.2) is 4.79 Å². The van der Waals surface area contributed by atoms with Crippen LogP contribution in [0.1, 0.15) is 29.3 Å². The number of nitrogens with one attached hydrogen (secondary N) is 2. The molecule has 104 valence electrons. The third kappa shape index (κ3) is 3.47. The molecule has 0 spiro atoms. The molecule has 0 aliphatic carbocycles. The van der Waals surface area contributed by atoms with Crippen molar-refractivity contribution < 1.29 is 14.3 Å². The van der Waals surface area contributed by atoms with Crippen molar-refractivity contribution >= 4 is 17.6 Å². The number of carbonyl (C=O) groups excluding carboxylic acids is 2. The lowest BCUT2D eigenvalue weighted by Gasteiger charge is -2.18. The minimum Gasteiger partial charge on any atom is -0.467 e. The first-order valence-electron chi connectivity index (χ1n) is 6.21. The van der Waals surface area contributed by atoms with Crippen molar-refractivity contribution in [3.05, 3.63) is 29.3 Å². The van der Waals surface area contributed by atoms with Crippen LogP contribution < -0.4 is 10.6 Å². The molecule has 1 unspecified atom stereocenters. The number of anilines is 1. The Kier molecular flexibility index (Phi) is 5.36. The summed E-state index contributed by atoms with van der Waals surface area (Å²) < 4.78 is 4.73. The second kappa shape index (κ2) is 6.78. The number of ether oxygens (including phenoxy) is 1. The summed E-state index contributed by atoms with van der Waals surface area (Å²) in [6.45, 7) is 3.74. The number of amides is 1. The van der Waals surface area contributed by atoms with Crippen molar-refractivity contribution in [3.8, 4) is 0 Å². The first kappa shape index (κ1) is 15.0. The third-order valence-corrected chi connectivity index (χ3v) is 3.03. The maximum atomic E-state index is 11.7. The van der Waals surface area contributed by atoms with E-state index in [4.69, 9.17) is 4.74 Å². The van der Waals surface area contributed by atoms with Gasteiger partial charge in [0, 0.05) is 18.3 Å². The topological polar surface area (TPSA) is 67.4 Å². The number of esters is 1. The smallest absolute Gasteiger partial charge is 0.328 e. The molecular weight excluding hydrogens is 244 g/mol. The molecule has 0 fully saturated rings. The fourth-order valence-electron chi connectivity index (χ4n) is 1.83. The van der Waals surface area contributed by atoms with Crippen LogP contribution in [0.2, 0.25) is 0 Å². The molecule has 0 aliphatic heterocycles. The average molecular weight is 264 g/mol. The van der Waals surface area contributed by atoms with Gasteiger partial charge < -0.3 is 15.4 Å². The number of methoxy groups -OCH3 is 1. The summed E-state index contributed by atoms with van der Waals surface area (Å²) in [5.41, 5.74) is 2.16. The van der Waals surface area contributed by atoms with E-state index in [2.05, 4.69) is 10.6 Å². The summed E-state index contributed by atoms with van der Waals surface area (Å²) in [6, 6.07) is 4.96. The summed E-state index contributed by atoms with van der Waals surface area (Å²) >= 11 is 0. The lowest BCUT2D eigenvalue weighted by molar-refractivity contribution is -0.141. The molecule has 1 aromatic carbocycles. The molecule has 1 atom stereocenters. The van der Waals surface area contributed by atoms with Crippen LogP contribution in [-0.4, -0.2) is 32.1 Å². The lowest BCUT2D eigenvalue weighted by Crippen LogP contribution is -2.30. The zero-order valence-electron chi connectivity index (χ0n) is 11.7. The molecule has 0 radical (unpaired) electrons. The van der Waals surface area contributed by atoms with Gasteiger partial charge in [-0.3, -0.25) is 4.79 Å². The molecule has 0 saturated carbocycles. The van der Waals surface area contributed by atoms with Gasteiger partial charge in [-0.2, -0.15) is 0 Å². The molecule has 0 aromatic heterocycles. The van der Waals surface area contributed by atoms with Gasteiger partial charge in [-0.15, -0.1) is 0 Å². The lowest BCUT2D eigenvalue weighted by atomic mass is 10.0. The van der Waals surface area contributed by atoms with E-state index in [1.807, 2.05) is 19.9 Å². The number of rotatable bonds is 5. The highest BCUT2D eigenvalue weighted by Crippen LogP contribution is 2.20. The Labute approximate surface area is 113 Å². The van der Waals surface area contributed by atoms with Gasteiger partial charge in [0.15, 0.2) is 0 Å². The van der Waals surface area contributed by atoms with Gasteiger partial charge in [0.05, 0.1) is 7.11 Å². The highest BCUT2D eigenvalue weighted by molar-refractivity contribution is 5.97. The molecule has 5 nitrogen and oxygen atoms in total. The van der Waals surface area contributed by atoms with Crippen LogP contribution in [0.5, 0.6) is 0 Å². The summed E-state index contributed by atoms with van der Waals surface area (Å²) in [5, 5.41) is 5.70. The average Bonchev–Trinajstić information content (AvgIpc) is 2.44. The Hall–Kier alpha value is -2.04. The Morgan fingerprint density at radius 1 is 1.37 bits per heavy atom. The second-order valence-electron chi connectivity index (χ2n) is 4.19. The monoisotopic (exact) mass is 264 g/mol. The highest BCUT2D eigenvalue weighted by Gasteiger charge is 2.18. The molecule has 0 bridgehead atoms. The van der Waals surface area contributed by atoms with Crippen molar-refractivity contribution in [2.24, 2.45) is 0 Å². The summed E-state index contributed by atoms with van der Waals surface area (Å²) in [6.07, 6.45) is 0.607. The van der Waals surface area contributed by atoms with Gasteiger partial charge in [0.1, 0.15) is 6.04 Å². The van der Waals surface area contributed by atoms with Crippen LogP contribution in [0.15, 0.2) is 18.2 Å². The van der Waals surface area contributed by atoms with Crippen molar-refractivity contribution in [2.75, 3.05) is 19.5 Å². The molecule has 19 heavy (non-hydrogen) atoms. The SMILES string of the molecule is CCC(Nc1cccc(C(=O)NC)c1C)C(=O)OC. The van der Waals surface area contributed by atoms with Crippen LogP contribution in [0.4, 0.5) is 5.69 Å². The predicted molar refractivity (Wildman–Crippen MR) is 74.3 cm³/mol. The van der Waals surface area contributed by atoms with Crippen LogP contribution in [0, 0.1) is 6.92 Å². The van der Waals surface area contributed by atoms with E-state index in [9.17, 15) is 9.59 Å². The van der Waals surface area contributed by atoms with Crippen LogP contribution in [-0.2, 0) is 9.53 Å². The molecule has 2 N–H and O–H groups in total. The molecule has 0 saturated heterocycles. The van der Waals surface area contributed by atoms with Crippen molar-refractivity contribution in [1.29, 1.82) is 0 Å². The fourth-order valence-corrected chi connectivity index (χ4v) is 1.83. The molecule has 5 heteroatoms. The molecule has 0 aliphatic rings. The van der Waals surface area contributed by atoms with Gasteiger partial charge in [-0.1, -0.05) is 13.0 Å². The molecule has 1 amide bonds. The Morgan fingerprint density at radius 2 is 2.05 bits per heavy atom. The van der Waals surface area contributed by atoms with Crippen LogP contribution >= 0.6 is 0 Å².